The molecule has 0 aliphatic carbocycles. The number of rotatable bonds is 2. The van der Waals surface area contributed by atoms with Gasteiger partial charge in [-0.1, -0.05) is 29.8 Å². The Morgan fingerprint density at radius 1 is 1.17 bits per heavy atom. The van der Waals surface area contributed by atoms with Gasteiger partial charge in [-0.15, -0.1) is 5.10 Å². The van der Waals surface area contributed by atoms with Crippen LogP contribution in [0.5, 0.6) is 0 Å². The number of aromatic nitrogens is 5. The number of anilines is 3. The molecule has 0 amide bonds. The van der Waals surface area contributed by atoms with Crippen LogP contribution in [-0.2, 0) is 0 Å². The lowest BCUT2D eigenvalue weighted by Crippen LogP contribution is -2.33. The minimum atomic E-state index is -0.490. The SMILES string of the molecule is N#Cc1ccc(C2c3cncnc3N(c3cccc(Cl)c3)c3n[nH]c(=O)n32)cc1. The molecule has 0 bridgehead atoms. The molecule has 2 aromatic carbocycles. The van der Waals surface area contributed by atoms with Gasteiger partial charge in [0, 0.05) is 16.8 Å². The molecule has 5 rings (SSSR count). The number of H-pyrrole nitrogens is 1. The van der Waals surface area contributed by atoms with Crippen LogP contribution < -0.4 is 10.6 Å². The molecular weight excluding hydrogens is 390 g/mol. The van der Waals surface area contributed by atoms with Crippen molar-refractivity contribution in [3.63, 3.8) is 0 Å². The molecule has 1 atom stereocenters. The number of aromatic amines is 1. The minimum absolute atomic E-state index is 0.365. The normalized spacial score (nSPS) is 14.8. The molecule has 1 aliphatic heterocycles. The summed E-state index contributed by atoms with van der Waals surface area (Å²) in [5.74, 6) is 0.987. The number of fused-ring (bicyclic) bond motifs is 2. The lowest BCUT2D eigenvalue weighted by atomic mass is 9.97. The van der Waals surface area contributed by atoms with Crippen molar-refractivity contribution in [3.05, 3.63) is 93.3 Å². The quantitative estimate of drug-likeness (QED) is 0.486. The van der Waals surface area contributed by atoms with Crippen molar-refractivity contribution < 1.29 is 0 Å². The standard InChI is InChI=1S/C20H12ClN7O/c21-14-2-1-3-15(8-14)27-18-16(10-23-11-24-18)17(28-19(27)25-26-20(28)29)13-6-4-12(9-22)5-7-13/h1-8,10-11,17H,(H,26,29). The summed E-state index contributed by atoms with van der Waals surface area (Å²) in [5, 5.41) is 16.4. The Hall–Kier alpha value is -3.96. The van der Waals surface area contributed by atoms with E-state index in [0.29, 0.717) is 22.4 Å². The second-order valence-corrected chi connectivity index (χ2v) is 6.89. The highest BCUT2D eigenvalue weighted by Gasteiger charge is 2.36. The maximum absolute atomic E-state index is 12.7. The fraction of sp³-hybridized carbons (Fsp3) is 0.0500. The highest BCUT2D eigenvalue weighted by Crippen LogP contribution is 2.44. The van der Waals surface area contributed by atoms with Gasteiger partial charge in [0.05, 0.1) is 23.4 Å². The van der Waals surface area contributed by atoms with Gasteiger partial charge in [0.1, 0.15) is 12.1 Å². The van der Waals surface area contributed by atoms with Crippen molar-refractivity contribution in [3.8, 4) is 6.07 Å². The third kappa shape index (κ3) is 2.68. The zero-order chi connectivity index (χ0) is 20.0. The Morgan fingerprint density at radius 3 is 2.76 bits per heavy atom. The first kappa shape index (κ1) is 17.2. The summed E-state index contributed by atoms with van der Waals surface area (Å²) >= 11 is 6.19. The zero-order valence-corrected chi connectivity index (χ0v) is 15.6. The van der Waals surface area contributed by atoms with Crippen LogP contribution in [-0.4, -0.2) is 24.7 Å². The van der Waals surface area contributed by atoms with Crippen LogP contribution in [0.2, 0.25) is 5.02 Å². The summed E-state index contributed by atoms with van der Waals surface area (Å²) in [6.45, 7) is 0. The molecule has 1 N–H and O–H groups in total. The minimum Gasteiger partial charge on any atom is -0.262 e. The Bertz CT molecular complexity index is 1320. The first-order chi connectivity index (χ1) is 14.2. The molecule has 2 aromatic heterocycles. The first-order valence-corrected chi connectivity index (χ1v) is 9.08. The summed E-state index contributed by atoms with van der Waals surface area (Å²) in [6, 6.07) is 15.9. The van der Waals surface area contributed by atoms with Crippen molar-refractivity contribution in [1.29, 1.82) is 5.26 Å². The molecule has 0 saturated heterocycles. The average Bonchev–Trinajstić information content (AvgIpc) is 3.13. The van der Waals surface area contributed by atoms with E-state index in [0.717, 1.165) is 16.8 Å². The number of nitrogens with one attached hydrogen (secondary N) is 1. The van der Waals surface area contributed by atoms with Crippen molar-refractivity contribution in [2.45, 2.75) is 6.04 Å². The van der Waals surface area contributed by atoms with Crippen LogP contribution in [0, 0.1) is 11.3 Å². The van der Waals surface area contributed by atoms with Gasteiger partial charge < -0.3 is 0 Å². The number of nitriles is 1. The van der Waals surface area contributed by atoms with Crippen LogP contribution in [0.1, 0.15) is 22.7 Å². The number of nitrogens with zero attached hydrogens (tertiary/aromatic N) is 6. The van der Waals surface area contributed by atoms with Gasteiger partial charge in [-0.3, -0.25) is 4.90 Å². The average molecular weight is 402 g/mol. The Labute approximate surface area is 169 Å². The van der Waals surface area contributed by atoms with Gasteiger partial charge in [-0.05, 0) is 35.9 Å². The molecule has 1 aliphatic rings. The van der Waals surface area contributed by atoms with Gasteiger partial charge in [-0.2, -0.15) is 5.26 Å². The molecule has 29 heavy (non-hydrogen) atoms. The lowest BCUT2D eigenvalue weighted by Gasteiger charge is -2.33. The third-order valence-corrected chi connectivity index (χ3v) is 5.03. The van der Waals surface area contributed by atoms with E-state index in [4.69, 9.17) is 16.9 Å². The summed E-state index contributed by atoms with van der Waals surface area (Å²) in [6.07, 6.45) is 3.14. The maximum Gasteiger partial charge on any atom is 0.345 e. The zero-order valence-electron chi connectivity index (χ0n) is 14.8. The van der Waals surface area contributed by atoms with Crippen molar-refractivity contribution in [2.24, 2.45) is 0 Å². The van der Waals surface area contributed by atoms with E-state index in [9.17, 15) is 4.79 Å². The predicted molar refractivity (Wildman–Crippen MR) is 107 cm³/mol. The highest BCUT2D eigenvalue weighted by molar-refractivity contribution is 6.30. The summed E-state index contributed by atoms with van der Waals surface area (Å²) < 4.78 is 1.55. The van der Waals surface area contributed by atoms with E-state index in [1.807, 2.05) is 24.3 Å². The van der Waals surface area contributed by atoms with E-state index in [1.54, 1.807) is 39.9 Å². The van der Waals surface area contributed by atoms with Gasteiger partial charge in [0.2, 0.25) is 5.95 Å². The number of hydrogen-bond donors (Lipinski definition) is 1. The fourth-order valence-corrected chi connectivity index (χ4v) is 3.74. The summed E-state index contributed by atoms with van der Waals surface area (Å²) in [7, 11) is 0. The van der Waals surface area contributed by atoms with Crippen LogP contribution in [0.25, 0.3) is 0 Å². The smallest absolute Gasteiger partial charge is 0.262 e. The van der Waals surface area contributed by atoms with Crippen molar-refractivity contribution in [2.75, 3.05) is 4.90 Å². The van der Waals surface area contributed by atoms with Crippen LogP contribution in [0.3, 0.4) is 0 Å². The maximum atomic E-state index is 12.7. The number of benzene rings is 2. The molecule has 0 radical (unpaired) electrons. The van der Waals surface area contributed by atoms with E-state index >= 15 is 0 Å². The molecule has 140 valence electrons. The Balaban J connectivity index is 1.78. The van der Waals surface area contributed by atoms with Crippen LogP contribution in [0.15, 0.2) is 65.8 Å². The lowest BCUT2D eigenvalue weighted by molar-refractivity contribution is 0.629. The molecule has 4 aromatic rings. The van der Waals surface area contributed by atoms with E-state index < -0.39 is 6.04 Å². The van der Waals surface area contributed by atoms with Gasteiger partial charge >= 0.3 is 5.69 Å². The van der Waals surface area contributed by atoms with Gasteiger partial charge in [-0.25, -0.2) is 24.4 Å². The first-order valence-electron chi connectivity index (χ1n) is 8.70. The Kier molecular flexibility index (Phi) is 3.89. The summed E-state index contributed by atoms with van der Waals surface area (Å²) in [5.41, 5.74) is 2.44. The second kappa shape index (κ2) is 6.58. The second-order valence-electron chi connectivity index (χ2n) is 6.45. The van der Waals surface area contributed by atoms with E-state index in [-0.39, 0.29) is 5.69 Å². The van der Waals surface area contributed by atoms with Crippen LogP contribution >= 0.6 is 11.6 Å². The van der Waals surface area contributed by atoms with Gasteiger partial charge in [0.15, 0.2) is 0 Å². The summed E-state index contributed by atoms with van der Waals surface area (Å²) in [4.78, 5) is 23.1. The largest absolute Gasteiger partial charge is 0.345 e. The molecule has 9 heteroatoms. The fourth-order valence-electron chi connectivity index (χ4n) is 3.56. The predicted octanol–water partition coefficient (Wildman–Crippen LogP) is 3.31. The van der Waals surface area contributed by atoms with E-state index in [1.165, 1.54) is 6.33 Å². The van der Waals surface area contributed by atoms with Crippen LogP contribution in [0.4, 0.5) is 17.5 Å². The molecule has 0 spiro atoms. The topological polar surface area (TPSA) is 103 Å². The monoisotopic (exact) mass is 401 g/mol. The molecule has 0 saturated carbocycles. The van der Waals surface area contributed by atoms with E-state index in [2.05, 4.69) is 26.2 Å². The molecule has 0 fully saturated rings. The molecular formula is C20H12ClN7O. The van der Waals surface area contributed by atoms with Gasteiger partial charge in [0.25, 0.3) is 0 Å². The van der Waals surface area contributed by atoms with Crippen molar-refractivity contribution in [1.82, 2.24) is 24.7 Å². The molecule has 8 nitrogen and oxygen atoms in total. The highest BCUT2D eigenvalue weighted by atomic mass is 35.5. The number of hydrogen-bond acceptors (Lipinski definition) is 6. The number of halogens is 1. The third-order valence-electron chi connectivity index (χ3n) is 4.79. The molecule has 1 unspecified atom stereocenters. The Morgan fingerprint density at radius 2 is 2.00 bits per heavy atom. The van der Waals surface area contributed by atoms with Crippen molar-refractivity contribution >= 4 is 29.1 Å². The molecule has 3 heterocycles.